The number of sulfone groups is 1. The van der Waals surface area contributed by atoms with Crippen molar-refractivity contribution in [2.45, 2.75) is 6.04 Å². The molecular weight excluding hydrogens is 204 g/mol. The van der Waals surface area contributed by atoms with Crippen LogP contribution in [0.15, 0.2) is 11.5 Å². The van der Waals surface area contributed by atoms with E-state index in [2.05, 4.69) is 10.6 Å². The van der Waals surface area contributed by atoms with Gasteiger partial charge >= 0.3 is 0 Å². The molecule has 0 radical (unpaired) electrons. The van der Waals surface area contributed by atoms with E-state index in [1.165, 1.54) is 6.08 Å². The van der Waals surface area contributed by atoms with Crippen LogP contribution in [0.4, 0.5) is 0 Å². The molecule has 1 amide bonds. The van der Waals surface area contributed by atoms with Crippen LogP contribution in [0.5, 0.6) is 0 Å². The van der Waals surface area contributed by atoms with Crippen molar-refractivity contribution in [2.75, 3.05) is 18.8 Å². The lowest BCUT2D eigenvalue weighted by atomic mass is 10.0. The van der Waals surface area contributed by atoms with Gasteiger partial charge in [-0.2, -0.15) is 0 Å². The molecule has 0 aromatic carbocycles. The number of rotatable bonds is 2. The fraction of sp³-hybridized carbons (Fsp3) is 0.625. The van der Waals surface area contributed by atoms with Gasteiger partial charge in [-0.05, 0) is 6.08 Å². The van der Waals surface area contributed by atoms with E-state index in [9.17, 15) is 13.2 Å². The molecule has 0 aromatic heterocycles. The van der Waals surface area contributed by atoms with Gasteiger partial charge in [-0.15, -0.1) is 0 Å². The molecule has 2 aliphatic heterocycles. The predicted molar refractivity (Wildman–Crippen MR) is 51.2 cm³/mol. The third kappa shape index (κ3) is 1.96. The number of hydrogen-bond acceptors (Lipinski definition) is 4. The summed E-state index contributed by atoms with van der Waals surface area (Å²) in [7, 11) is -3.07. The highest BCUT2D eigenvalue weighted by molar-refractivity contribution is 7.94. The van der Waals surface area contributed by atoms with E-state index < -0.39 is 9.84 Å². The molecule has 5 nitrogen and oxygen atoms in total. The van der Waals surface area contributed by atoms with E-state index >= 15 is 0 Å². The third-order valence-electron chi connectivity index (χ3n) is 2.41. The lowest BCUT2D eigenvalue weighted by molar-refractivity contribution is -0.126. The van der Waals surface area contributed by atoms with Crippen LogP contribution in [0.1, 0.15) is 0 Å². The average Bonchev–Trinajstić information content (AvgIpc) is 2.25. The van der Waals surface area contributed by atoms with E-state index in [0.717, 1.165) is 5.41 Å². The van der Waals surface area contributed by atoms with E-state index in [1.807, 2.05) is 0 Å². The van der Waals surface area contributed by atoms with Crippen LogP contribution < -0.4 is 10.6 Å². The number of hydrogen-bond donors (Lipinski definition) is 2. The molecule has 1 fully saturated rings. The molecule has 0 saturated carbocycles. The van der Waals surface area contributed by atoms with Crippen molar-refractivity contribution in [3.8, 4) is 0 Å². The molecular formula is C8H12N2O3S. The number of carbonyl (C=O) groups is 1. The summed E-state index contributed by atoms with van der Waals surface area (Å²) in [6.45, 7) is 1.38. The molecule has 14 heavy (non-hydrogen) atoms. The van der Waals surface area contributed by atoms with Gasteiger partial charge in [0.2, 0.25) is 5.91 Å². The highest BCUT2D eigenvalue weighted by atomic mass is 32.2. The molecule has 0 spiro atoms. The van der Waals surface area contributed by atoms with E-state index in [1.54, 1.807) is 0 Å². The zero-order valence-electron chi connectivity index (χ0n) is 7.56. The van der Waals surface area contributed by atoms with E-state index in [-0.39, 0.29) is 23.6 Å². The number of nitrogens with one attached hydrogen (secondary N) is 2. The smallest absolute Gasteiger partial charge is 0.226 e. The molecule has 1 saturated heterocycles. The summed E-state index contributed by atoms with van der Waals surface area (Å²) >= 11 is 0. The lowest BCUT2D eigenvalue weighted by Gasteiger charge is -2.26. The van der Waals surface area contributed by atoms with Crippen LogP contribution in [-0.2, 0) is 14.6 Å². The second-order valence-electron chi connectivity index (χ2n) is 3.63. The maximum absolute atomic E-state index is 11.4. The molecule has 1 unspecified atom stereocenters. The molecule has 2 aliphatic rings. The van der Waals surface area contributed by atoms with Gasteiger partial charge in [-0.25, -0.2) is 8.42 Å². The van der Waals surface area contributed by atoms with Crippen molar-refractivity contribution in [3.63, 3.8) is 0 Å². The molecule has 0 aliphatic carbocycles. The number of amides is 1. The largest absolute Gasteiger partial charge is 0.349 e. The minimum Gasteiger partial charge on any atom is -0.349 e. The lowest BCUT2D eigenvalue weighted by Crippen LogP contribution is -2.52. The van der Waals surface area contributed by atoms with Crippen LogP contribution in [0.25, 0.3) is 0 Å². The van der Waals surface area contributed by atoms with Crippen molar-refractivity contribution < 1.29 is 13.2 Å². The Balaban J connectivity index is 1.87. The second kappa shape index (κ2) is 3.36. The van der Waals surface area contributed by atoms with Crippen molar-refractivity contribution >= 4 is 15.7 Å². The van der Waals surface area contributed by atoms with Gasteiger partial charge in [0.1, 0.15) is 0 Å². The maximum atomic E-state index is 11.4. The summed E-state index contributed by atoms with van der Waals surface area (Å²) in [5.41, 5.74) is 0. The Bertz CT molecular complexity index is 370. The first-order valence-electron chi connectivity index (χ1n) is 4.49. The summed E-state index contributed by atoms with van der Waals surface area (Å²) in [4.78, 5) is 11.4. The fourth-order valence-corrected chi connectivity index (χ4v) is 2.68. The fourth-order valence-electron chi connectivity index (χ4n) is 1.44. The molecule has 1 atom stereocenters. The predicted octanol–water partition coefficient (Wildman–Crippen LogP) is -1.37. The Morgan fingerprint density at radius 2 is 2.14 bits per heavy atom. The standard InChI is InChI=1S/C8H12N2O3S/c11-8(6-3-9-4-6)10-7-1-2-14(12,13)5-7/h1-2,6-7,9H,3-5H2,(H,10,11). The zero-order valence-corrected chi connectivity index (χ0v) is 8.38. The normalized spacial score (nSPS) is 29.9. The molecule has 0 aromatic rings. The highest BCUT2D eigenvalue weighted by Crippen LogP contribution is 2.10. The van der Waals surface area contributed by atoms with Gasteiger partial charge in [0, 0.05) is 18.5 Å². The monoisotopic (exact) mass is 216 g/mol. The van der Waals surface area contributed by atoms with Gasteiger partial charge in [0.25, 0.3) is 0 Å². The molecule has 0 bridgehead atoms. The Morgan fingerprint density at radius 1 is 1.43 bits per heavy atom. The second-order valence-corrected chi connectivity index (χ2v) is 5.56. The van der Waals surface area contributed by atoms with Crippen LogP contribution in [0.3, 0.4) is 0 Å². The maximum Gasteiger partial charge on any atom is 0.226 e. The minimum absolute atomic E-state index is 0.00110. The Labute approximate surface area is 82.5 Å². The van der Waals surface area contributed by atoms with Crippen molar-refractivity contribution in [2.24, 2.45) is 5.92 Å². The average molecular weight is 216 g/mol. The molecule has 78 valence electrons. The first-order valence-corrected chi connectivity index (χ1v) is 6.20. The Hall–Kier alpha value is -0.880. The molecule has 2 N–H and O–H groups in total. The summed E-state index contributed by atoms with van der Waals surface area (Å²) in [5, 5.41) is 6.84. The molecule has 2 rings (SSSR count). The summed E-state index contributed by atoms with van der Waals surface area (Å²) in [6.07, 6.45) is 1.53. The van der Waals surface area contributed by atoms with Crippen LogP contribution >= 0.6 is 0 Å². The van der Waals surface area contributed by atoms with Crippen molar-refractivity contribution in [1.29, 1.82) is 0 Å². The minimum atomic E-state index is -3.07. The third-order valence-corrected chi connectivity index (χ3v) is 3.81. The molecule has 2 heterocycles. The van der Waals surface area contributed by atoms with Crippen LogP contribution in [-0.4, -0.2) is 39.2 Å². The summed E-state index contributed by atoms with van der Waals surface area (Å²) in [6, 6.07) is -0.340. The van der Waals surface area contributed by atoms with Crippen LogP contribution in [0.2, 0.25) is 0 Å². The Morgan fingerprint density at radius 3 is 2.57 bits per heavy atom. The SMILES string of the molecule is O=C(NC1C=CS(=O)(=O)C1)C1CNC1. The first-order chi connectivity index (χ1) is 6.57. The van der Waals surface area contributed by atoms with Crippen molar-refractivity contribution in [3.05, 3.63) is 11.5 Å². The summed E-state index contributed by atoms with van der Waals surface area (Å²) < 4.78 is 22.1. The first kappa shape index (κ1) is 9.67. The quantitative estimate of drug-likeness (QED) is 0.597. The van der Waals surface area contributed by atoms with E-state index in [4.69, 9.17) is 0 Å². The van der Waals surface area contributed by atoms with Gasteiger partial charge < -0.3 is 10.6 Å². The van der Waals surface area contributed by atoms with Gasteiger partial charge in [0.05, 0.1) is 17.7 Å². The summed E-state index contributed by atoms with van der Waals surface area (Å²) in [5.74, 6) is -0.0546. The van der Waals surface area contributed by atoms with Gasteiger partial charge in [-0.1, -0.05) is 0 Å². The highest BCUT2D eigenvalue weighted by Gasteiger charge is 2.29. The molecule has 6 heteroatoms. The van der Waals surface area contributed by atoms with Gasteiger partial charge in [0.15, 0.2) is 9.84 Å². The topological polar surface area (TPSA) is 75.3 Å². The Kier molecular flexibility index (Phi) is 2.32. The van der Waals surface area contributed by atoms with Gasteiger partial charge in [-0.3, -0.25) is 4.79 Å². The zero-order chi connectivity index (χ0) is 10.2. The van der Waals surface area contributed by atoms with E-state index in [0.29, 0.717) is 13.1 Å². The number of carbonyl (C=O) groups excluding carboxylic acids is 1. The van der Waals surface area contributed by atoms with Crippen LogP contribution in [0, 0.1) is 5.92 Å². The van der Waals surface area contributed by atoms with Crippen molar-refractivity contribution in [1.82, 2.24) is 10.6 Å².